The number of nitrogens with zero attached hydrogens (tertiary/aromatic N) is 1. The zero-order chi connectivity index (χ0) is 17.6. The summed E-state index contributed by atoms with van der Waals surface area (Å²) in [5.74, 6) is -0.597. The molecule has 3 atom stereocenters. The van der Waals surface area contributed by atoms with Crippen LogP contribution >= 0.6 is 0 Å². The Balaban J connectivity index is 2.86. The number of ether oxygens (including phenoxy) is 2. The van der Waals surface area contributed by atoms with Crippen molar-refractivity contribution in [1.29, 1.82) is 0 Å². The molecule has 23 heavy (non-hydrogen) atoms. The molecule has 0 bridgehead atoms. The van der Waals surface area contributed by atoms with Crippen LogP contribution in [0.2, 0.25) is 0 Å². The molecule has 8 nitrogen and oxygen atoms in total. The van der Waals surface area contributed by atoms with E-state index in [1.165, 1.54) is 12.0 Å². The number of carbonyl (C=O) groups excluding carboxylic acids is 2. The normalized spacial score (nSPS) is 24.9. The Morgan fingerprint density at radius 1 is 1.43 bits per heavy atom. The van der Waals surface area contributed by atoms with Gasteiger partial charge in [-0.2, -0.15) is 5.48 Å². The lowest BCUT2D eigenvalue weighted by Crippen LogP contribution is -2.61. The van der Waals surface area contributed by atoms with Gasteiger partial charge in [-0.25, -0.2) is 9.59 Å². The van der Waals surface area contributed by atoms with E-state index in [-0.39, 0.29) is 19.6 Å². The molecular weight excluding hydrogens is 304 g/mol. The van der Waals surface area contributed by atoms with E-state index in [1.54, 1.807) is 26.8 Å². The Labute approximate surface area is 136 Å². The molecule has 1 aliphatic rings. The molecule has 1 fully saturated rings. The number of likely N-dealkylation sites (tertiary alicyclic amines) is 1. The summed E-state index contributed by atoms with van der Waals surface area (Å²) in [5.41, 5.74) is 1.98. The summed E-state index contributed by atoms with van der Waals surface area (Å²) in [6, 6.07) is -1.45. The number of esters is 1. The number of aliphatic hydroxyl groups is 1. The maximum atomic E-state index is 12.4. The number of nitrogens with one attached hydrogen (secondary N) is 1. The summed E-state index contributed by atoms with van der Waals surface area (Å²) in [4.78, 5) is 30.6. The van der Waals surface area contributed by atoms with Gasteiger partial charge in [-0.15, -0.1) is 6.58 Å². The Bertz CT molecular complexity index is 434. The van der Waals surface area contributed by atoms with Gasteiger partial charge in [0.1, 0.15) is 11.6 Å². The van der Waals surface area contributed by atoms with Crippen molar-refractivity contribution in [1.82, 2.24) is 10.4 Å². The predicted molar refractivity (Wildman–Crippen MR) is 82.4 cm³/mol. The fraction of sp³-hybridized carbons (Fsp3) is 0.733. The fourth-order valence-electron chi connectivity index (χ4n) is 2.19. The number of amides is 1. The number of hydrogen-bond donors (Lipinski definition) is 2. The van der Waals surface area contributed by atoms with Crippen LogP contribution in [0.3, 0.4) is 0 Å². The van der Waals surface area contributed by atoms with E-state index in [1.807, 2.05) is 0 Å². The van der Waals surface area contributed by atoms with Crippen molar-refractivity contribution in [2.75, 3.05) is 20.3 Å². The third kappa shape index (κ3) is 5.81. The van der Waals surface area contributed by atoms with Crippen LogP contribution in [-0.2, 0) is 19.1 Å². The monoisotopic (exact) mass is 330 g/mol. The number of methoxy groups -OCH3 is 1. The molecule has 0 aromatic carbocycles. The maximum Gasteiger partial charge on any atom is 0.411 e. The first-order chi connectivity index (χ1) is 10.7. The summed E-state index contributed by atoms with van der Waals surface area (Å²) in [6.45, 7) is 9.02. The highest BCUT2D eigenvalue weighted by molar-refractivity contribution is 5.82. The summed E-state index contributed by atoms with van der Waals surface area (Å²) < 4.78 is 10.0. The van der Waals surface area contributed by atoms with Gasteiger partial charge in [0, 0.05) is 13.0 Å². The molecule has 2 N–H and O–H groups in total. The molecular formula is C15H26N2O6. The van der Waals surface area contributed by atoms with E-state index in [0.717, 1.165) is 0 Å². The van der Waals surface area contributed by atoms with Gasteiger partial charge in [0.15, 0.2) is 0 Å². The highest BCUT2D eigenvalue weighted by Gasteiger charge is 2.43. The largest absolute Gasteiger partial charge is 0.467 e. The molecule has 1 unspecified atom stereocenters. The molecule has 0 saturated carbocycles. The molecule has 1 heterocycles. The minimum atomic E-state index is -0.901. The molecule has 0 aromatic rings. The second kappa shape index (κ2) is 8.28. The van der Waals surface area contributed by atoms with Crippen LogP contribution in [0.15, 0.2) is 12.7 Å². The Morgan fingerprint density at radius 2 is 2.09 bits per heavy atom. The summed E-state index contributed by atoms with van der Waals surface area (Å²) >= 11 is 0. The molecule has 0 aliphatic carbocycles. The summed E-state index contributed by atoms with van der Waals surface area (Å²) in [7, 11) is 1.24. The summed E-state index contributed by atoms with van der Waals surface area (Å²) in [6.07, 6.45) is 0.0597. The first-order valence-corrected chi connectivity index (χ1v) is 7.43. The first kappa shape index (κ1) is 19.4. The lowest BCUT2D eigenvalue weighted by atomic mass is 9.96. The van der Waals surface area contributed by atoms with Gasteiger partial charge in [0.2, 0.25) is 0 Å². The lowest BCUT2D eigenvalue weighted by Gasteiger charge is -2.40. The third-order valence-electron chi connectivity index (χ3n) is 3.24. The molecule has 1 amide bonds. The van der Waals surface area contributed by atoms with Crippen LogP contribution in [0.1, 0.15) is 27.2 Å². The molecule has 1 aliphatic heterocycles. The molecule has 0 aromatic heterocycles. The van der Waals surface area contributed by atoms with Crippen molar-refractivity contribution in [3.8, 4) is 0 Å². The van der Waals surface area contributed by atoms with Crippen molar-refractivity contribution in [2.45, 2.75) is 51.0 Å². The number of rotatable bonds is 5. The highest BCUT2D eigenvalue weighted by atomic mass is 16.6. The standard InChI is InChI=1S/C15H26N2O6/c1-6-7-22-16-10-9-17(14(20)23-15(2,3)4)11(8-12(10)18)13(19)21-5/h6,10-12,16,18H,1,7-9H2,2-5H3/t10?,11-,12-/m0/s1. The van der Waals surface area contributed by atoms with Crippen molar-refractivity contribution in [3.05, 3.63) is 12.7 Å². The van der Waals surface area contributed by atoms with Crippen LogP contribution in [0, 0.1) is 0 Å². The third-order valence-corrected chi connectivity index (χ3v) is 3.24. The number of piperidine rings is 1. The Hall–Kier alpha value is -1.64. The zero-order valence-electron chi connectivity index (χ0n) is 14.1. The van der Waals surface area contributed by atoms with E-state index >= 15 is 0 Å². The second-order valence-corrected chi connectivity index (χ2v) is 6.30. The van der Waals surface area contributed by atoms with Gasteiger partial charge >= 0.3 is 12.1 Å². The van der Waals surface area contributed by atoms with Crippen molar-refractivity contribution < 1.29 is 29.0 Å². The van der Waals surface area contributed by atoms with Gasteiger partial charge < -0.3 is 14.6 Å². The molecule has 0 spiro atoms. The minimum Gasteiger partial charge on any atom is -0.467 e. The number of carbonyl (C=O) groups is 2. The Morgan fingerprint density at radius 3 is 2.61 bits per heavy atom. The van der Waals surface area contributed by atoms with Crippen molar-refractivity contribution in [2.24, 2.45) is 0 Å². The van der Waals surface area contributed by atoms with Gasteiger partial charge in [-0.1, -0.05) is 6.08 Å². The van der Waals surface area contributed by atoms with Crippen LogP contribution in [0.4, 0.5) is 4.79 Å². The SMILES string of the molecule is C=CCONC1CN(C(=O)OC(C)(C)C)[C@H](C(=O)OC)C[C@@H]1O. The quantitative estimate of drug-likeness (QED) is 0.330. The number of aliphatic hydroxyl groups excluding tert-OH is 1. The molecule has 1 rings (SSSR count). The smallest absolute Gasteiger partial charge is 0.411 e. The topological polar surface area (TPSA) is 97.3 Å². The van der Waals surface area contributed by atoms with E-state index < -0.39 is 35.9 Å². The molecule has 1 saturated heterocycles. The van der Waals surface area contributed by atoms with Crippen molar-refractivity contribution in [3.63, 3.8) is 0 Å². The summed E-state index contributed by atoms with van der Waals surface area (Å²) in [5, 5.41) is 10.2. The number of hydroxylamine groups is 1. The average Bonchev–Trinajstić information content (AvgIpc) is 2.46. The van der Waals surface area contributed by atoms with E-state index in [0.29, 0.717) is 0 Å². The van der Waals surface area contributed by atoms with Crippen LogP contribution in [0.5, 0.6) is 0 Å². The van der Waals surface area contributed by atoms with Crippen LogP contribution < -0.4 is 5.48 Å². The van der Waals surface area contributed by atoms with Crippen LogP contribution in [0.25, 0.3) is 0 Å². The molecule has 8 heteroatoms. The fourth-order valence-corrected chi connectivity index (χ4v) is 2.19. The maximum absolute atomic E-state index is 12.4. The predicted octanol–water partition coefficient (Wildman–Crippen LogP) is 0.606. The molecule has 0 radical (unpaired) electrons. The van der Waals surface area contributed by atoms with Gasteiger partial charge in [0.25, 0.3) is 0 Å². The highest BCUT2D eigenvalue weighted by Crippen LogP contribution is 2.22. The first-order valence-electron chi connectivity index (χ1n) is 7.43. The number of hydrogen-bond acceptors (Lipinski definition) is 7. The minimum absolute atomic E-state index is 0.0288. The zero-order valence-corrected chi connectivity index (χ0v) is 14.1. The molecule has 132 valence electrons. The van der Waals surface area contributed by atoms with Gasteiger partial charge in [-0.3, -0.25) is 9.74 Å². The van der Waals surface area contributed by atoms with E-state index in [4.69, 9.17) is 14.3 Å². The average molecular weight is 330 g/mol. The Kier molecular flexibility index (Phi) is 6.99. The van der Waals surface area contributed by atoms with Gasteiger partial charge in [0.05, 0.1) is 25.9 Å². The van der Waals surface area contributed by atoms with E-state index in [9.17, 15) is 14.7 Å². The lowest BCUT2D eigenvalue weighted by molar-refractivity contribution is -0.152. The van der Waals surface area contributed by atoms with E-state index in [2.05, 4.69) is 12.1 Å². The van der Waals surface area contributed by atoms with Crippen molar-refractivity contribution >= 4 is 12.1 Å². The van der Waals surface area contributed by atoms with Crippen LogP contribution in [-0.4, -0.2) is 66.1 Å². The van der Waals surface area contributed by atoms with Gasteiger partial charge in [-0.05, 0) is 20.8 Å². The second-order valence-electron chi connectivity index (χ2n) is 6.30.